The summed E-state index contributed by atoms with van der Waals surface area (Å²) in [6, 6.07) is -0.576. The molecule has 12 heavy (non-hydrogen) atoms. The summed E-state index contributed by atoms with van der Waals surface area (Å²) in [5.74, 6) is -1.02. The summed E-state index contributed by atoms with van der Waals surface area (Å²) in [6.07, 6.45) is 1.03. The first-order valence-corrected chi connectivity index (χ1v) is 3.65. The van der Waals surface area contributed by atoms with Gasteiger partial charge in [-0.1, -0.05) is 6.92 Å². The van der Waals surface area contributed by atoms with Crippen molar-refractivity contribution in [3.8, 4) is 0 Å². The number of carboxylic acids is 1. The van der Waals surface area contributed by atoms with E-state index in [1.165, 1.54) is 0 Å². The fraction of sp³-hybridized carbons (Fsp3) is 0.714. The lowest BCUT2D eigenvalue weighted by Crippen LogP contribution is -3.00. The van der Waals surface area contributed by atoms with Gasteiger partial charge >= 0.3 is 5.97 Å². The molecule has 4 nitrogen and oxygen atoms in total. The van der Waals surface area contributed by atoms with Gasteiger partial charge in [-0.25, -0.2) is 0 Å². The summed E-state index contributed by atoms with van der Waals surface area (Å²) < 4.78 is 0. The predicted octanol–water partition coefficient (Wildman–Crippen LogP) is -3.56. The zero-order chi connectivity index (χ0) is 8.85. The highest BCUT2D eigenvalue weighted by Crippen LogP contribution is 1.95. The summed E-state index contributed by atoms with van der Waals surface area (Å²) >= 11 is 0. The topological polar surface area (TPSA) is 82.0 Å². The minimum Gasteiger partial charge on any atom is -1.00 e. The smallest absolute Gasteiger partial charge is 0.309 e. The molecular weight excluding hydrogens is 226 g/mol. The third-order valence-corrected chi connectivity index (χ3v) is 1.37. The van der Waals surface area contributed by atoms with Crippen LogP contribution in [0.5, 0.6) is 0 Å². The van der Waals surface area contributed by atoms with E-state index >= 15 is 0 Å². The van der Waals surface area contributed by atoms with E-state index in [2.05, 4.69) is 5.73 Å². The summed E-state index contributed by atoms with van der Waals surface area (Å²) in [6.45, 7) is 1.88. The normalized spacial score (nSPS) is 11.5. The average Bonchev–Trinajstić information content (AvgIpc) is 1.86. The first-order valence-electron chi connectivity index (χ1n) is 3.65. The van der Waals surface area contributed by atoms with Crippen LogP contribution in [0.1, 0.15) is 26.2 Å². The van der Waals surface area contributed by atoms with Crippen molar-refractivity contribution in [2.75, 3.05) is 0 Å². The Bertz CT molecular complexity index is 161. The second-order valence-corrected chi connectivity index (χ2v) is 2.51. The van der Waals surface area contributed by atoms with Crippen molar-refractivity contribution in [3.05, 3.63) is 0 Å². The molecule has 5 heteroatoms. The van der Waals surface area contributed by atoms with Gasteiger partial charge in [0, 0.05) is 6.42 Å². The van der Waals surface area contributed by atoms with Crippen molar-refractivity contribution in [2.45, 2.75) is 32.2 Å². The Morgan fingerprint density at radius 3 is 2.33 bits per heavy atom. The summed E-state index contributed by atoms with van der Waals surface area (Å²) in [4.78, 5) is 21.1. The Balaban J connectivity index is 0. The number of quaternary nitrogens is 1. The van der Waals surface area contributed by atoms with Crippen LogP contribution in [-0.2, 0) is 9.59 Å². The minimum atomic E-state index is -0.963. The molecule has 0 spiro atoms. The van der Waals surface area contributed by atoms with Gasteiger partial charge in [0.2, 0.25) is 0 Å². The van der Waals surface area contributed by atoms with Gasteiger partial charge in [-0.05, 0) is 6.42 Å². The SMILES string of the molecule is CCCC(=O)[C@@H]([NH3+])CC(=O)O.[Br-]. The second kappa shape index (κ2) is 7.24. The van der Waals surface area contributed by atoms with Gasteiger partial charge in [0.25, 0.3) is 0 Å². The van der Waals surface area contributed by atoms with Crippen molar-refractivity contribution >= 4 is 11.8 Å². The Hall–Kier alpha value is -0.420. The average molecular weight is 240 g/mol. The molecule has 0 unspecified atom stereocenters. The summed E-state index contributed by atoms with van der Waals surface area (Å²) in [5.41, 5.74) is 3.47. The van der Waals surface area contributed by atoms with Crippen molar-refractivity contribution in [3.63, 3.8) is 0 Å². The van der Waals surface area contributed by atoms with E-state index in [0.717, 1.165) is 6.42 Å². The van der Waals surface area contributed by atoms with Crippen molar-refractivity contribution in [1.29, 1.82) is 0 Å². The van der Waals surface area contributed by atoms with E-state index in [-0.39, 0.29) is 29.2 Å². The maximum Gasteiger partial charge on any atom is 0.309 e. The van der Waals surface area contributed by atoms with Crippen LogP contribution in [0.15, 0.2) is 0 Å². The predicted molar refractivity (Wildman–Crippen MR) is 38.8 cm³/mol. The fourth-order valence-electron chi connectivity index (χ4n) is 0.775. The number of Topliss-reactive ketones (excluding diaryl/α,β-unsaturated/α-hetero) is 1. The number of aliphatic carboxylic acids is 1. The molecule has 0 aliphatic heterocycles. The Morgan fingerprint density at radius 2 is 2.00 bits per heavy atom. The van der Waals surface area contributed by atoms with Crippen molar-refractivity contribution < 1.29 is 37.4 Å². The molecule has 0 saturated heterocycles. The number of carbonyl (C=O) groups excluding carboxylic acids is 1. The maximum absolute atomic E-state index is 11.0. The number of carboxylic acid groups (broad SMARTS) is 1. The molecule has 0 saturated carbocycles. The molecule has 72 valence electrons. The monoisotopic (exact) mass is 239 g/mol. The van der Waals surface area contributed by atoms with Crippen LogP contribution >= 0.6 is 0 Å². The highest BCUT2D eigenvalue weighted by molar-refractivity contribution is 5.86. The number of ketones is 1. The van der Waals surface area contributed by atoms with Crippen LogP contribution in [0, 0.1) is 0 Å². The van der Waals surface area contributed by atoms with Crippen LogP contribution < -0.4 is 22.7 Å². The van der Waals surface area contributed by atoms with Gasteiger partial charge in [0.1, 0.15) is 6.42 Å². The van der Waals surface area contributed by atoms with E-state index in [4.69, 9.17) is 5.11 Å². The van der Waals surface area contributed by atoms with Gasteiger partial charge in [-0.15, -0.1) is 0 Å². The molecule has 0 rings (SSSR count). The summed E-state index contributed by atoms with van der Waals surface area (Å²) in [7, 11) is 0. The number of hydrogen-bond acceptors (Lipinski definition) is 2. The standard InChI is InChI=1S/C7H13NO3.BrH/c1-2-3-6(9)5(8)4-7(10)11;/h5H,2-4,8H2,1H3,(H,10,11);1H/t5-;/m0./s1. The van der Waals surface area contributed by atoms with E-state index in [1.54, 1.807) is 0 Å². The van der Waals surface area contributed by atoms with Crippen LogP contribution in [0.25, 0.3) is 0 Å². The Morgan fingerprint density at radius 1 is 1.50 bits per heavy atom. The number of halogens is 1. The van der Waals surface area contributed by atoms with E-state index < -0.39 is 12.0 Å². The van der Waals surface area contributed by atoms with E-state index in [1.807, 2.05) is 6.92 Å². The van der Waals surface area contributed by atoms with Crippen LogP contribution in [0.3, 0.4) is 0 Å². The van der Waals surface area contributed by atoms with Gasteiger partial charge in [-0.3, -0.25) is 9.59 Å². The number of rotatable bonds is 5. The third kappa shape index (κ3) is 6.30. The molecule has 0 aromatic rings. The molecule has 4 N–H and O–H groups in total. The molecular formula is C7H14BrNO3. The van der Waals surface area contributed by atoms with Crippen molar-refractivity contribution in [1.82, 2.24) is 0 Å². The van der Waals surface area contributed by atoms with E-state index in [9.17, 15) is 9.59 Å². The molecule has 0 bridgehead atoms. The van der Waals surface area contributed by atoms with Crippen LogP contribution in [0.4, 0.5) is 0 Å². The maximum atomic E-state index is 11.0. The molecule has 0 aliphatic carbocycles. The number of hydrogen-bond donors (Lipinski definition) is 2. The molecule has 0 fully saturated rings. The zero-order valence-corrected chi connectivity index (χ0v) is 8.63. The largest absolute Gasteiger partial charge is 1.00 e. The molecule has 0 aromatic heterocycles. The van der Waals surface area contributed by atoms with Crippen LogP contribution in [0.2, 0.25) is 0 Å². The van der Waals surface area contributed by atoms with Gasteiger partial charge in [0.05, 0.1) is 0 Å². The van der Waals surface area contributed by atoms with Crippen molar-refractivity contribution in [2.24, 2.45) is 0 Å². The minimum absolute atomic E-state index is 0. The molecule has 0 heterocycles. The summed E-state index contributed by atoms with van der Waals surface area (Å²) in [5, 5.41) is 8.31. The van der Waals surface area contributed by atoms with Crippen LogP contribution in [-0.4, -0.2) is 22.9 Å². The quantitative estimate of drug-likeness (QED) is 0.522. The Labute approximate surface area is 81.9 Å². The molecule has 0 radical (unpaired) electrons. The van der Waals surface area contributed by atoms with E-state index in [0.29, 0.717) is 6.42 Å². The fourth-order valence-corrected chi connectivity index (χ4v) is 0.775. The highest BCUT2D eigenvalue weighted by Gasteiger charge is 2.18. The third-order valence-electron chi connectivity index (χ3n) is 1.37. The van der Waals surface area contributed by atoms with Gasteiger partial charge in [-0.2, -0.15) is 0 Å². The molecule has 0 aliphatic rings. The lowest BCUT2D eigenvalue weighted by Gasteiger charge is -2.01. The zero-order valence-electron chi connectivity index (χ0n) is 7.05. The lowest BCUT2D eigenvalue weighted by molar-refractivity contribution is -0.402. The lowest BCUT2D eigenvalue weighted by atomic mass is 10.1. The molecule has 0 aromatic carbocycles. The van der Waals surface area contributed by atoms with Gasteiger partial charge in [0.15, 0.2) is 11.8 Å². The molecule has 0 amide bonds. The second-order valence-electron chi connectivity index (χ2n) is 2.51. The number of carbonyl (C=O) groups is 2. The molecule has 1 atom stereocenters. The Kier molecular flexibility index (Phi) is 8.52. The highest BCUT2D eigenvalue weighted by atomic mass is 79.9. The first-order chi connectivity index (χ1) is 5.07. The first kappa shape index (κ1) is 14.1. The van der Waals surface area contributed by atoms with Gasteiger partial charge < -0.3 is 27.8 Å².